The van der Waals surface area contributed by atoms with E-state index in [2.05, 4.69) is 0 Å². The highest BCUT2D eigenvalue weighted by atomic mass is 16.6. The third-order valence-corrected chi connectivity index (χ3v) is 2.64. The minimum atomic E-state index is -0.386. The van der Waals surface area contributed by atoms with Crippen LogP contribution < -0.4 is 15.2 Å². The first-order chi connectivity index (χ1) is 7.00. The zero-order valence-electron chi connectivity index (χ0n) is 9.36. The van der Waals surface area contributed by atoms with Crippen LogP contribution in [-0.2, 0) is 0 Å². The topological polar surface area (TPSA) is 44.5 Å². The average Bonchev–Trinajstić information content (AvgIpc) is 2.14. The van der Waals surface area contributed by atoms with Crippen LogP contribution in [0.4, 0.5) is 0 Å². The van der Waals surface area contributed by atoms with Gasteiger partial charge in [-0.25, -0.2) is 0 Å². The highest BCUT2D eigenvalue weighted by Gasteiger charge is 2.40. The second-order valence-corrected chi connectivity index (χ2v) is 4.55. The van der Waals surface area contributed by atoms with E-state index in [-0.39, 0.29) is 17.7 Å². The molecule has 1 aliphatic heterocycles. The molecular weight excluding hydrogens is 190 g/mol. The van der Waals surface area contributed by atoms with Gasteiger partial charge in [0.2, 0.25) is 0 Å². The van der Waals surface area contributed by atoms with E-state index in [1.807, 2.05) is 45.0 Å². The maximum Gasteiger partial charge on any atom is 0.162 e. The minimum absolute atomic E-state index is 0.0617. The van der Waals surface area contributed by atoms with E-state index in [1.54, 1.807) is 0 Å². The Morgan fingerprint density at radius 1 is 1.27 bits per heavy atom. The lowest BCUT2D eigenvalue weighted by atomic mass is 9.94. The maximum absolute atomic E-state index is 5.89. The van der Waals surface area contributed by atoms with Crippen LogP contribution in [0.25, 0.3) is 0 Å². The lowest BCUT2D eigenvalue weighted by Gasteiger charge is -2.41. The molecule has 0 spiro atoms. The largest absolute Gasteiger partial charge is 0.481 e. The normalized spacial score (nSPS) is 24.7. The molecule has 3 heteroatoms. The fourth-order valence-corrected chi connectivity index (χ4v) is 1.99. The Morgan fingerprint density at radius 2 is 1.87 bits per heavy atom. The monoisotopic (exact) mass is 207 g/mol. The van der Waals surface area contributed by atoms with Gasteiger partial charge < -0.3 is 15.2 Å². The molecule has 0 saturated carbocycles. The number of nitrogens with two attached hydrogens (primary N) is 1. The Kier molecular flexibility index (Phi) is 2.35. The molecule has 0 amide bonds. The summed E-state index contributed by atoms with van der Waals surface area (Å²) in [5.41, 5.74) is 5.51. The van der Waals surface area contributed by atoms with Crippen molar-refractivity contribution in [1.29, 1.82) is 0 Å². The van der Waals surface area contributed by atoms with E-state index < -0.39 is 0 Å². The first-order valence-corrected chi connectivity index (χ1v) is 5.21. The van der Waals surface area contributed by atoms with Gasteiger partial charge >= 0.3 is 0 Å². The zero-order chi connectivity index (χ0) is 11.1. The van der Waals surface area contributed by atoms with Crippen LogP contribution in [-0.4, -0.2) is 17.7 Å². The molecule has 1 aromatic rings. The molecule has 2 rings (SSSR count). The van der Waals surface area contributed by atoms with E-state index >= 15 is 0 Å². The van der Waals surface area contributed by atoms with E-state index in [4.69, 9.17) is 15.2 Å². The van der Waals surface area contributed by atoms with Gasteiger partial charge in [0.05, 0.1) is 0 Å². The SMILES string of the molecule is C[C@H](N)[C@@H]1Oc2ccccc2OC1(C)C. The highest BCUT2D eigenvalue weighted by molar-refractivity contribution is 5.42. The molecule has 1 heterocycles. The van der Waals surface area contributed by atoms with Crippen LogP contribution in [0.15, 0.2) is 24.3 Å². The fourth-order valence-electron chi connectivity index (χ4n) is 1.99. The second-order valence-electron chi connectivity index (χ2n) is 4.55. The van der Waals surface area contributed by atoms with Crippen LogP contribution in [0.5, 0.6) is 11.5 Å². The number of para-hydroxylation sites is 2. The molecule has 2 N–H and O–H groups in total. The molecule has 0 aliphatic carbocycles. The van der Waals surface area contributed by atoms with Crippen LogP contribution in [0, 0.1) is 0 Å². The number of hydrogen-bond donors (Lipinski definition) is 1. The summed E-state index contributed by atoms with van der Waals surface area (Å²) in [4.78, 5) is 0. The van der Waals surface area contributed by atoms with E-state index in [0.29, 0.717) is 0 Å². The molecular formula is C12H17NO2. The van der Waals surface area contributed by atoms with Crippen LogP contribution in [0.2, 0.25) is 0 Å². The van der Waals surface area contributed by atoms with Gasteiger partial charge in [0.25, 0.3) is 0 Å². The fraction of sp³-hybridized carbons (Fsp3) is 0.500. The van der Waals surface area contributed by atoms with Crippen molar-refractivity contribution in [2.75, 3.05) is 0 Å². The third kappa shape index (κ3) is 1.79. The van der Waals surface area contributed by atoms with Gasteiger partial charge in [-0.2, -0.15) is 0 Å². The number of hydrogen-bond acceptors (Lipinski definition) is 3. The summed E-state index contributed by atoms with van der Waals surface area (Å²) in [5, 5.41) is 0. The predicted molar refractivity (Wildman–Crippen MR) is 59.2 cm³/mol. The van der Waals surface area contributed by atoms with E-state index in [0.717, 1.165) is 11.5 Å². The molecule has 0 fully saturated rings. The summed E-state index contributed by atoms with van der Waals surface area (Å²) in [6.45, 7) is 5.93. The van der Waals surface area contributed by atoms with Crippen molar-refractivity contribution in [3.63, 3.8) is 0 Å². The Labute approximate surface area is 90.2 Å². The first-order valence-electron chi connectivity index (χ1n) is 5.21. The molecule has 0 aromatic heterocycles. The summed E-state index contributed by atoms with van der Waals surface area (Å²) in [6.07, 6.45) is -0.118. The van der Waals surface area contributed by atoms with Crippen molar-refractivity contribution >= 4 is 0 Å². The van der Waals surface area contributed by atoms with Crippen LogP contribution in [0.1, 0.15) is 20.8 Å². The number of ether oxygens (including phenoxy) is 2. The lowest BCUT2D eigenvalue weighted by molar-refractivity contribution is -0.0509. The second kappa shape index (κ2) is 3.42. The van der Waals surface area contributed by atoms with Gasteiger partial charge in [0.1, 0.15) is 5.60 Å². The van der Waals surface area contributed by atoms with Gasteiger partial charge in [0.15, 0.2) is 17.6 Å². The average molecular weight is 207 g/mol. The number of fused-ring (bicyclic) bond motifs is 1. The molecule has 3 nitrogen and oxygen atoms in total. The van der Waals surface area contributed by atoms with Gasteiger partial charge in [-0.15, -0.1) is 0 Å². The quantitative estimate of drug-likeness (QED) is 0.765. The molecule has 82 valence electrons. The van der Waals surface area contributed by atoms with Crippen molar-refractivity contribution < 1.29 is 9.47 Å². The van der Waals surface area contributed by atoms with E-state index in [9.17, 15) is 0 Å². The summed E-state index contributed by atoms with van der Waals surface area (Å²) in [7, 11) is 0. The van der Waals surface area contributed by atoms with Gasteiger partial charge in [0, 0.05) is 6.04 Å². The Balaban J connectivity index is 2.36. The Morgan fingerprint density at radius 3 is 2.47 bits per heavy atom. The van der Waals surface area contributed by atoms with Crippen molar-refractivity contribution in [2.24, 2.45) is 5.73 Å². The number of rotatable bonds is 1. The molecule has 0 unspecified atom stereocenters. The smallest absolute Gasteiger partial charge is 0.162 e. The molecule has 1 aromatic carbocycles. The van der Waals surface area contributed by atoms with Crippen molar-refractivity contribution in [3.8, 4) is 11.5 Å². The van der Waals surface area contributed by atoms with Gasteiger partial charge in [-0.3, -0.25) is 0 Å². The molecule has 0 saturated heterocycles. The minimum Gasteiger partial charge on any atom is -0.481 e. The zero-order valence-corrected chi connectivity index (χ0v) is 9.36. The highest BCUT2D eigenvalue weighted by Crippen LogP contribution is 2.38. The van der Waals surface area contributed by atoms with Crippen LogP contribution >= 0.6 is 0 Å². The molecule has 0 radical (unpaired) electrons. The Bertz CT molecular complexity index is 360. The summed E-state index contributed by atoms with van der Waals surface area (Å²) in [5.74, 6) is 1.57. The van der Waals surface area contributed by atoms with Gasteiger partial charge in [-0.05, 0) is 32.9 Å². The third-order valence-electron chi connectivity index (χ3n) is 2.64. The molecule has 1 aliphatic rings. The molecule has 15 heavy (non-hydrogen) atoms. The van der Waals surface area contributed by atoms with Crippen molar-refractivity contribution in [1.82, 2.24) is 0 Å². The lowest BCUT2D eigenvalue weighted by Crippen LogP contribution is -2.56. The van der Waals surface area contributed by atoms with Crippen molar-refractivity contribution in [2.45, 2.75) is 38.5 Å². The summed E-state index contributed by atoms with van der Waals surface area (Å²) in [6, 6.07) is 7.62. The molecule has 2 atom stereocenters. The summed E-state index contributed by atoms with van der Waals surface area (Å²) < 4.78 is 11.7. The van der Waals surface area contributed by atoms with Gasteiger partial charge in [-0.1, -0.05) is 12.1 Å². The Hall–Kier alpha value is -1.22. The standard InChI is InChI=1S/C12H17NO2/c1-8(13)11-12(2,3)15-10-7-5-4-6-9(10)14-11/h4-8,11H,13H2,1-3H3/t8-,11-/m0/s1. The van der Waals surface area contributed by atoms with Crippen molar-refractivity contribution in [3.05, 3.63) is 24.3 Å². The predicted octanol–water partition coefficient (Wildman–Crippen LogP) is 1.95. The van der Waals surface area contributed by atoms with Crippen LogP contribution in [0.3, 0.4) is 0 Å². The number of benzene rings is 1. The first kappa shape index (κ1) is 10.3. The van der Waals surface area contributed by atoms with E-state index in [1.165, 1.54) is 0 Å². The summed E-state index contributed by atoms with van der Waals surface area (Å²) >= 11 is 0. The maximum atomic E-state index is 5.89. The molecule has 0 bridgehead atoms.